The van der Waals surface area contributed by atoms with Gasteiger partial charge in [-0.25, -0.2) is 0 Å². The van der Waals surface area contributed by atoms with Crippen LogP contribution in [0.2, 0.25) is 0 Å². The summed E-state index contributed by atoms with van der Waals surface area (Å²) in [5.41, 5.74) is 0. The summed E-state index contributed by atoms with van der Waals surface area (Å²) in [4.78, 5) is 24.3. The van der Waals surface area contributed by atoms with Crippen molar-refractivity contribution in [2.75, 3.05) is 0 Å². The van der Waals surface area contributed by atoms with E-state index in [0.29, 0.717) is 18.8 Å². The molecular weight excluding hydrogens is 364 g/mol. The molecule has 0 aromatic rings. The van der Waals surface area contributed by atoms with E-state index in [4.69, 9.17) is 4.74 Å². The molecule has 1 saturated carbocycles. The minimum absolute atomic E-state index is 0.0742. The smallest absolute Gasteiger partial charge is 0.310 e. The average Bonchev–Trinajstić information content (AvgIpc) is 2.70. The fourth-order valence-corrected chi connectivity index (χ4v) is 4.45. The predicted octanol–water partition coefficient (Wildman–Crippen LogP) is 7.00. The molecule has 0 spiro atoms. The molecule has 0 aromatic carbocycles. The van der Waals surface area contributed by atoms with Gasteiger partial charge in [0.05, 0.1) is 11.8 Å². The van der Waals surface area contributed by atoms with E-state index in [9.17, 15) is 14.7 Å². The number of esters is 1. The Hall–Kier alpha value is -1.06. The number of hydrogen-bond acceptors (Lipinski definition) is 3. The second kappa shape index (κ2) is 14.8. The lowest BCUT2D eigenvalue weighted by atomic mass is 9.79. The van der Waals surface area contributed by atoms with Crippen molar-refractivity contribution in [1.82, 2.24) is 0 Å². The SMILES string of the molecule is CCC(C)C(CCCCCCCCCC(C)C)OC(=O)C1CCCCC1C(=O)O. The standard InChI is InChI=1S/C25H46O4/c1-5-20(4)23(18-12-10-8-6-7-9-11-15-19(2)3)29-25(28)22-17-14-13-16-21(22)24(26)27/h19-23H,5-18H2,1-4H3,(H,26,27). The molecule has 1 N–H and O–H groups in total. The molecule has 0 bridgehead atoms. The summed E-state index contributed by atoms with van der Waals surface area (Å²) in [7, 11) is 0. The molecule has 29 heavy (non-hydrogen) atoms. The monoisotopic (exact) mass is 410 g/mol. The molecule has 0 aromatic heterocycles. The van der Waals surface area contributed by atoms with Gasteiger partial charge in [-0.1, -0.05) is 91.9 Å². The third-order valence-electron chi connectivity index (χ3n) is 6.70. The zero-order valence-corrected chi connectivity index (χ0v) is 19.5. The summed E-state index contributed by atoms with van der Waals surface area (Å²) in [5.74, 6) is -1.01. The Morgan fingerprint density at radius 3 is 1.90 bits per heavy atom. The first kappa shape index (κ1) is 26.0. The largest absolute Gasteiger partial charge is 0.481 e. The van der Waals surface area contributed by atoms with E-state index in [1.807, 2.05) is 0 Å². The van der Waals surface area contributed by atoms with Crippen molar-refractivity contribution in [2.45, 2.75) is 124 Å². The van der Waals surface area contributed by atoms with E-state index in [1.165, 1.54) is 44.9 Å². The van der Waals surface area contributed by atoms with Gasteiger partial charge in [-0.05, 0) is 37.5 Å². The van der Waals surface area contributed by atoms with E-state index < -0.39 is 17.8 Å². The third kappa shape index (κ3) is 10.5. The Morgan fingerprint density at radius 2 is 1.38 bits per heavy atom. The summed E-state index contributed by atoms with van der Waals surface area (Å²) < 4.78 is 5.90. The number of carbonyl (C=O) groups is 2. The van der Waals surface area contributed by atoms with Gasteiger partial charge in [-0.2, -0.15) is 0 Å². The number of aliphatic carboxylic acids is 1. The fraction of sp³-hybridized carbons (Fsp3) is 0.920. The van der Waals surface area contributed by atoms with Crippen LogP contribution in [0.5, 0.6) is 0 Å². The van der Waals surface area contributed by atoms with E-state index in [1.54, 1.807) is 0 Å². The molecule has 170 valence electrons. The van der Waals surface area contributed by atoms with E-state index >= 15 is 0 Å². The van der Waals surface area contributed by atoms with Crippen LogP contribution in [0.25, 0.3) is 0 Å². The van der Waals surface area contributed by atoms with Crippen LogP contribution in [0.4, 0.5) is 0 Å². The topological polar surface area (TPSA) is 63.6 Å². The highest BCUT2D eigenvalue weighted by Crippen LogP contribution is 2.32. The van der Waals surface area contributed by atoms with Gasteiger partial charge >= 0.3 is 11.9 Å². The first-order chi connectivity index (χ1) is 13.9. The van der Waals surface area contributed by atoms with Crippen molar-refractivity contribution in [3.63, 3.8) is 0 Å². The highest BCUT2D eigenvalue weighted by molar-refractivity contribution is 5.81. The molecule has 1 rings (SSSR count). The molecule has 0 aliphatic heterocycles. The molecule has 0 radical (unpaired) electrons. The number of carboxylic acids is 1. The Bertz CT molecular complexity index is 460. The third-order valence-corrected chi connectivity index (χ3v) is 6.70. The van der Waals surface area contributed by atoms with Crippen LogP contribution in [0.3, 0.4) is 0 Å². The van der Waals surface area contributed by atoms with Crippen molar-refractivity contribution in [2.24, 2.45) is 23.7 Å². The van der Waals surface area contributed by atoms with E-state index in [2.05, 4.69) is 27.7 Å². The lowest BCUT2D eigenvalue weighted by molar-refractivity contribution is -0.166. The number of carbonyl (C=O) groups excluding carboxylic acids is 1. The number of unbranched alkanes of at least 4 members (excludes halogenated alkanes) is 6. The molecule has 4 unspecified atom stereocenters. The van der Waals surface area contributed by atoms with Crippen molar-refractivity contribution in [3.05, 3.63) is 0 Å². The van der Waals surface area contributed by atoms with Crippen molar-refractivity contribution >= 4 is 11.9 Å². The Labute approximate surface area is 179 Å². The summed E-state index contributed by atoms with van der Waals surface area (Å²) in [5, 5.41) is 9.44. The quantitative estimate of drug-likeness (QED) is 0.233. The van der Waals surface area contributed by atoms with Gasteiger partial charge in [0.2, 0.25) is 0 Å². The molecule has 0 amide bonds. The minimum atomic E-state index is -0.847. The van der Waals surface area contributed by atoms with Crippen LogP contribution in [-0.4, -0.2) is 23.1 Å². The molecule has 1 aliphatic carbocycles. The first-order valence-corrected chi connectivity index (χ1v) is 12.3. The number of hydrogen-bond donors (Lipinski definition) is 1. The Kier molecular flexibility index (Phi) is 13.3. The Balaban J connectivity index is 2.34. The van der Waals surface area contributed by atoms with Gasteiger partial charge in [-0.15, -0.1) is 0 Å². The maximum atomic E-state index is 12.7. The normalized spacial score (nSPS) is 21.7. The molecule has 4 atom stereocenters. The van der Waals surface area contributed by atoms with Gasteiger partial charge in [-0.3, -0.25) is 9.59 Å². The molecule has 0 heterocycles. The number of rotatable bonds is 15. The van der Waals surface area contributed by atoms with Gasteiger partial charge < -0.3 is 9.84 Å². The summed E-state index contributed by atoms with van der Waals surface area (Å²) in [6.45, 7) is 8.85. The van der Waals surface area contributed by atoms with Crippen LogP contribution in [0.1, 0.15) is 118 Å². The van der Waals surface area contributed by atoms with Crippen molar-refractivity contribution < 1.29 is 19.4 Å². The zero-order chi connectivity index (χ0) is 21.6. The van der Waals surface area contributed by atoms with Crippen molar-refractivity contribution in [3.8, 4) is 0 Å². The minimum Gasteiger partial charge on any atom is -0.481 e. The molecular formula is C25H46O4. The molecule has 4 nitrogen and oxygen atoms in total. The van der Waals surface area contributed by atoms with Crippen LogP contribution >= 0.6 is 0 Å². The summed E-state index contributed by atoms with van der Waals surface area (Å²) in [6.07, 6.45) is 15.1. The molecule has 1 aliphatic rings. The summed E-state index contributed by atoms with van der Waals surface area (Å²) in [6, 6.07) is 0. The maximum absolute atomic E-state index is 12.7. The van der Waals surface area contributed by atoms with Crippen LogP contribution < -0.4 is 0 Å². The van der Waals surface area contributed by atoms with Crippen LogP contribution in [-0.2, 0) is 14.3 Å². The lowest BCUT2D eigenvalue weighted by Crippen LogP contribution is -2.37. The fourth-order valence-electron chi connectivity index (χ4n) is 4.45. The lowest BCUT2D eigenvalue weighted by Gasteiger charge is -2.30. The van der Waals surface area contributed by atoms with Gasteiger partial charge in [0.25, 0.3) is 0 Å². The second-order valence-electron chi connectivity index (χ2n) is 9.64. The van der Waals surface area contributed by atoms with Gasteiger partial charge in [0.15, 0.2) is 0 Å². The highest BCUT2D eigenvalue weighted by Gasteiger charge is 2.38. The zero-order valence-electron chi connectivity index (χ0n) is 19.5. The highest BCUT2D eigenvalue weighted by atomic mass is 16.5. The average molecular weight is 411 g/mol. The molecule has 1 fully saturated rings. The Morgan fingerprint density at radius 1 is 0.862 bits per heavy atom. The van der Waals surface area contributed by atoms with Gasteiger partial charge in [0.1, 0.15) is 6.10 Å². The second-order valence-corrected chi connectivity index (χ2v) is 9.64. The summed E-state index contributed by atoms with van der Waals surface area (Å²) >= 11 is 0. The van der Waals surface area contributed by atoms with Crippen molar-refractivity contribution in [1.29, 1.82) is 0 Å². The predicted molar refractivity (Wildman–Crippen MR) is 119 cm³/mol. The molecule has 4 heteroatoms. The van der Waals surface area contributed by atoms with E-state index in [-0.39, 0.29) is 12.1 Å². The van der Waals surface area contributed by atoms with Crippen LogP contribution in [0.15, 0.2) is 0 Å². The first-order valence-electron chi connectivity index (χ1n) is 12.3. The van der Waals surface area contributed by atoms with E-state index in [0.717, 1.165) is 38.0 Å². The number of ether oxygens (including phenoxy) is 1. The molecule has 0 saturated heterocycles. The number of carboxylic acid groups (broad SMARTS) is 1. The maximum Gasteiger partial charge on any atom is 0.310 e. The van der Waals surface area contributed by atoms with Gasteiger partial charge in [0, 0.05) is 0 Å². The van der Waals surface area contributed by atoms with Crippen LogP contribution in [0, 0.1) is 23.7 Å².